The summed E-state index contributed by atoms with van der Waals surface area (Å²) in [6.07, 6.45) is 0. The Morgan fingerprint density at radius 1 is 1.29 bits per heavy atom. The van der Waals surface area contributed by atoms with E-state index < -0.39 is 21.4 Å². The van der Waals surface area contributed by atoms with Gasteiger partial charge >= 0.3 is 0 Å². The van der Waals surface area contributed by atoms with Crippen LogP contribution in [0.5, 0.6) is 5.75 Å². The highest BCUT2D eigenvalue weighted by molar-refractivity contribution is 7.89. The fourth-order valence-electron chi connectivity index (χ4n) is 1.28. The van der Waals surface area contributed by atoms with Gasteiger partial charge in [-0.15, -0.1) is 0 Å². The van der Waals surface area contributed by atoms with Crippen LogP contribution in [0.2, 0.25) is 0 Å². The molecule has 0 bridgehead atoms. The van der Waals surface area contributed by atoms with E-state index in [9.17, 15) is 12.8 Å². The fourth-order valence-corrected chi connectivity index (χ4v) is 2.71. The molecule has 0 aliphatic carbocycles. The molecule has 1 N–H and O–H groups in total. The van der Waals surface area contributed by atoms with Crippen molar-refractivity contribution in [2.75, 3.05) is 7.11 Å². The molecular formula is C11H16FNO3S. The van der Waals surface area contributed by atoms with Crippen LogP contribution >= 0.6 is 0 Å². The smallest absolute Gasteiger partial charge is 0.241 e. The first-order chi connectivity index (χ1) is 7.65. The van der Waals surface area contributed by atoms with Crippen LogP contribution < -0.4 is 9.46 Å². The normalized spacial score (nSPS) is 12.5. The molecule has 0 aliphatic heterocycles. The predicted octanol–water partition coefficient (Wildman–Crippen LogP) is 1.91. The molecular weight excluding hydrogens is 245 g/mol. The summed E-state index contributed by atoms with van der Waals surface area (Å²) >= 11 is 0. The van der Waals surface area contributed by atoms with Gasteiger partial charge in [0.1, 0.15) is 0 Å². The molecule has 0 saturated carbocycles. The van der Waals surface area contributed by atoms with Crippen LogP contribution in [-0.4, -0.2) is 21.1 Å². The van der Waals surface area contributed by atoms with E-state index in [1.807, 2.05) is 0 Å². The van der Waals surface area contributed by atoms with E-state index in [2.05, 4.69) is 4.72 Å². The lowest BCUT2D eigenvalue weighted by atomic mass is 10.1. The lowest BCUT2D eigenvalue weighted by Crippen LogP contribution is -2.40. The second-order valence-electron chi connectivity index (χ2n) is 4.65. The molecule has 6 heteroatoms. The molecule has 0 radical (unpaired) electrons. The predicted molar refractivity (Wildman–Crippen MR) is 63.0 cm³/mol. The van der Waals surface area contributed by atoms with Gasteiger partial charge < -0.3 is 4.74 Å². The number of nitrogens with one attached hydrogen (secondary N) is 1. The first-order valence-electron chi connectivity index (χ1n) is 5.03. The summed E-state index contributed by atoms with van der Waals surface area (Å²) in [5, 5.41) is 0. The Hall–Kier alpha value is -1.14. The van der Waals surface area contributed by atoms with Crippen molar-refractivity contribution in [1.29, 1.82) is 0 Å². The zero-order chi connectivity index (χ0) is 13.3. The summed E-state index contributed by atoms with van der Waals surface area (Å²) in [5.41, 5.74) is -0.616. The zero-order valence-electron chi connectivity index (χ0n) is 10.2. The molecule has 4 nitrogen and oxygen atoms in total. The third kappa shape index (κ3) is 3.67. The van der Waals surface area contributed by atoms with E-state index in [0.29, 0.717) is 0 Å². The molecule has 0 saturated heterocycles. The molecule has 96 valence electrons. The van der Waals surface area contributed by atoms with Crippen molar-refractivity contribution in [3.8, 4) is 5.75 Å². The minimum Gasteiger partial charge on any atom is -0.494 e. The molecule has 0 amide bonds. The second-order valence-corrected chi connectivity index (χ2v) is 6.33. The van der Waals surface area contributed by atoms with E-state index >= 15 is 0 Å². The minimum atomic E-state index is -3.71. The van der Waals surface area contributed by atoms with Crippen LogP contribution in [0, 0.1) is 5.82 Å². The topological polar surface area (TPSA) is 55.4 Å². The molecule has 1 aromatic rings. The highest BCUT2D eigenvalue weighted by Gasteiger charge is 2.22. The molecule has 0 fully saturated rings. The van der Waals surface area contributed by atoms with E-state index in [1.54, 1.807) is 20.8 Å². The molecule has 0 aliphatic rings. The van der Waals surface area contributed by atoms with Crippen molar-refractivity contribution in [1.82, 2.24) is 4.72 Å². The number of rotatable bonds is 3. The van der Waals surface area contributed by atoms with Crippen molar-refractivity contribution >= 4 is 10.0 Å². The fraction of sp³-hybridized carbons (Fsp3) is 0.455. The quantitative estimate of drug-likeness (QED) is 0.904. The highest BCUT2D eigenvalue weighted by Crippen LogP contribution is 2.21. The number of halogens is 1. The van der Waals surface area contributed by atoms with Gasteiger partial charge in [0.05, 0.1) is 12.0 Å². The van der Waals surface area contributed by atoms with E-state index in [0.717, 1.165) is 6.07 Å². The number of sulfonamides is 1. The van der Waals surface area contributed by atoms with Gasteiger partial charge in [-0.2, -0.15) is 0 Å². The molecule has 0 aromatic heterocycles. The van der Waals surface area contributed by atoms with Gasteiger partial charge in [0.25, 0.3) is 0 Å². The maximum absolute atomic E-state index is 13.4. The van der Waals surface area contributed by atoms with Crippen molar-refractivity contribution in [3.63, 3.8) is 0 Å². The van der Waals surface area contributed by atoms with Crippen molar-refractivity contribution < 1.29 is 17.5 Å². The Bertz CT molecular complexity index is 506. The molecule has 0 atom stereocenters. The van der Waals surface area contributed by atoms with Crippen LogP contribution in [0.15, 0.2) is 23.1 Å². The molecule has 1 aromatic carbocycles. The summed E-state index contributed by atoms with van der Waals surface area (Å²) in [6, 6.07) is 3.52. The number of benzene rings is 1. The van der Waals surface area contributed by atoms with Gasteiger partial charge in [-0.25, -0.2) is 17.5 Å². The summed E-state index contributed by atoms with van der Waals surface area (Å²) in [5.74, 6) is -0.691. The summed E-state index contributed by atoms with van der Waals surface area (Å²) in [6.45, 7) is 5.14. The Morgan fingerprint density at radius 3 is 2.29 bits per heavy atom. The van der Waals surface area contributed by atoms with Crippen LogP contribution in [0.4, 0.5) is 4.39 Å². The second kappa shape index (κ2) is 4.62. The molecule has 17 heavy (non-hydrogen) atoms. The van der Waals surface area contributed by atoms with Crippen LogP contribution in [0.1, 0.15) is 20.8 Å². The average Bonchev–Trinajstić information content (AvgIpc) is 2.13. The third-order valence-electron chi connectivity index (χ3n) is 1.87. The Balaban J connectivity index is 3.13. The first-order valence-corrected chi connectivity index (χ1v) is 6.51. The van der Waals surface area contributed by atoms with Gasteiger partial charge in [-0.1, -0.05) is 0 Å². The average molecular weight is 261 g/mol. The largest absolute Gasteiger partial charge is 0.494 e. The van der Waals surface area contributed by atoms with E-state index in [-0.39, 0.29) is 10.6 Å². The number of hydrogen-bond donors (Lipinski definition) is 1. The van der Waals surface area contributed by atoms with Gasteiger partial charge in [0.15, 0.2) is 11.6 Å². The van der Waals surface area contributed by atoms with Crippen LogP contribution in [0.3, 0.4) is 0 Å². The van der Waals surface area contributed by atoms with Gasteiger partial charge in [-0.3, -0.25) is 0 Å². The lowest BCUT2D eigenvalue weighted by molar-refractivity contribution is 0.385. The zero-order valence-corrected chi connectivity index (χ0v) is 11.1. The molecule has 0 heterocycles. The molecule has 0 unspecified atom stereocenters. The van der Waals surface area contributed by atoms with E-state index in [4.69, 9.17) is 4.74 Å². The minimum absolute atomic E-state index is 0.0136. The van der Waals surface area contributed by atoms with E-state index in [1.165, 1.54) is 19.2 Å². The Kier molecular flexibility index (Phi) is 3.78. The van der Waals surface area contributed by atoms with Crippen LogP contribution in [-0.2, 0) is 10.0 Å². The third-order valence-corrected chi connectivity index (χ3v) is 3.63. The monoisotopic (exact) mass is 261 g/mol. The first kappa shape index (κ1) is 13.9. The lowest BCUT2D eigenvalue weighted by Gasteiger charge is -2.20. The van der Waals surface area contributed by atoms with Gasteiger partial charge in [-0.05, 0) is 39.0 Å². The van der Waals surface area contributed by atoms with Crippen molar-refractivity contribution in [2.45, 2.75) is 31.2 Å². The van der Waals surface area contributed by atoms with Gasteiger partial charge in [0, 0.05) is 5.54 Å². The maximum Gasteiger partial charge on any atom is 0.241 e. The number of methoxy groups -OCH3 is 1. The molecule has 0 spiro atoms. The Morgan fingerprint density at radius 2 is 1.88 bits per heavy atom. The van der Waals surface area contributed by atoms with Crippen molar-refractivity contribution in [3.05, 3.63) is 24.0 Å². The summed E-state index contributed by atoms with van der Waals surface area (Å²) in [7, 11) is -2.39. The highest BCUT2D eigenvalue weighted by atomic mass is 32.2. The Labute approximate surface area is 101 Å². The SMILES string of the molecule is COc1ccc(S(=O)(=O)NC(C)(C)C)cc1F. The molecule has 1 rings (SSSR count). The maximum atomic E-state index is 13.4. The number of hydrogen-bond acceptors (Lipinski definition) is 3. The van der Waals surface area contributed by atoms with Crippen LogP contribution in [0.25, 0.3) is 0 Å². The standard InChI is InChI=1S/C11H16FNO3S/c1-11(2,3)13-17(14,15)8-5-6-10(16-4)9(12)7-8/h5-7,13H,1-4H3. The summed E-state index contributed by atoms with van der Waals surface area (Å²) in [4.78, 5) is -0.120. The number of ether oxygens (including phenoxy) is 1. The summed E-state index contributed by atoms with van der Waals surface area (Å²) < 4.78 is 44.3. The van der Waals surface area contributed by atoms with Crippen molar-refractivity contribution in [2.24, 2.45) is 0 Å². The van der Waals surface area contributed by atoms with Gasteiger partial charge in [0.2, 0.25) is 10.0 Å².